The number of ether oxygens (including phenoxy) is 1. The maximum absolute atomic E-state index is 12.6. The highest BCUT2D eigenvalue weighted by Gasteiger charge is 2.39. The Labute approximate surface area is 160 Å². The number of rotatable bonds is 8. The van der Waals surface area contributed by atoms with Crippen LogP contribution in [0.2, 0.25) is 0 Å². The molecule has 7 heteroatoms. The third kappa shape index (κ3) is 6.18. The minimum atomic E-state index is -0.892. The van der Waals surface area contributed by atoms with Gasteiger partial charge >= 0.3 is 5.97 Å². The molecular formula is C19H29ClN2O4. The normalized spacial score (nSPS) is 16.4. The maximum atomic E-state index is 12.6. The quantitative estimate of drug-likeness (QED) is 0.472. The van der Waals surface area contributed by atoms with Crippen LogP contribution in [-0.4, -0.2) is 35.2 Å². The summed E-state index contributed by atoms with van der Waals surface area (Å²) in [5, 5.41) is 12.2. The number of phenolic OH excluding ortho intramolecular Hbond substituents is 1. The lowest BCUT2D eigenvalue weighted by molar-refractivity contribution is -0.148. The number of phenols is 1. The van der Waals surface area contributed by atoms with Gasteiger partial charge in [-0.1, -0.05) is 38.3 Å². The Hall–Kier alpha value is -1.79. The highest BCUT2D eigenvalue weighted by Crippen LogP contribution is 2.27. The number of unbranched alkanes of at least 4 members (excludes halogenated alkanes) is 1. The highest BCUT2D eigenvalue weighted by molar-refractivity contribution is 5.90. The van der Waals surface area contributed by atoms with E-state index in [1.807, 2.05) is 6.92 Å². The first-order valence-corrected chi connectivity index (χ1v) is 8.99. The van der Waals surface area contributed by atoms with Crippen molar-refractivity contribution in [1.29, 1.82) is 0 Å². The van der Waals surface area contributed by atoms with E-state index in [-0.39, 0.29) is 24.1 Å². The number of carbonyl (C=O) groups is 2. The van der Waals surface area contributed by atoms with Crippen LogP contribution in [0.4, 0.5) is 0 Å². The van der Waals surface area contributed by atoms with Crippen molar-refractivity contribution in [3.63, 3.8) is 0 Å². The van der Waals surface area contributed by atoms with Crippen LogP contribution in [0.1, 0.15) is 51.0 Å². The number of esters is 1. The molecule has 0 heterocycles. The van der Waals surface area contributed by atoms with Gasteiger partial charge in [-0.2, -0.15) is 0 Å². The minimum Gasteiger partial charge on any atom is -0.508 e. The van der Waals surface area contributed by atoms with E-state index >= 15 is 0 Å². The fourth-order valence-electron chi connectivity index (χ4n) is 3.01. The molecule has 0 bridgehead atoms. The molecule has 146 valence electrons. The second-order valence-corrected chi connectivity index (χ2v) is 6.78. The van der Waals surface area contributed by atoms with Crippen LogP contribution < -0.4 is 11.1 Å². The van der Waals surface area contributed by atoms with E-state index in [9.17, 15) is 14.7 Å². The average Bonchev–Trinajstić information content (AvgIpc) is 3.04. The number of carbonyl (C=O) groups excluding carboxylic acids is 2. The first-order chi connectivity index (χ1) is 11.9. The standard InChI is InChI=1S/C19H28N2O4.ClH/c1-2-3-12-25-17(23)16(13-14-6-8-15(22)9-7-14)21-18(24)19(20)10-4-5-11-19;/h6-9,16,22H,2-5,10-13,20H2,1H3,(H,21,24);1H/t16-;/m0./s1. The van der Waals surface area contributed by atoms with Gasteiger partial charge in [-0.15, -0.1) is 12.4 Å². The summed E-state index contributed by atoms with van der Waals surface area (Å²) in [7, 11) is 0. The van der Waals surface area contributed by atoms with Gasteiger partial charge in [0, 0.05) is 6.42 Å². The van der Waals surface area contributed by atoms with Crippen LogP contribution in [-0.2, 0) is 20.7 Å². The molecule has 1 aromatic carbocycles. The Bertz CT molecular complexity index is 586. The summed E-state index contributed by atoms with van der Waals surface area (Å²) in [5.41, 5.74) is 6.12. The molecule has 0 unspecified atom stereocenters. The fourth-order valence-corrected chi connectivity index (χ4v) is 3.01. The number of nitrogens with one attached hydrogen (secondary N) is 1. The van der Waals surface area contributed by atoms with Gasteiger partial charge in [-0.3, -0.25) is 4.79 Å². The van der Waals surface area contributed by atoms with Gasteiger partial charge in [0.15, 0.2) is 0 Å². The molecule has 1 saturated carbocycles. The van der Waals surface area contributed by atoms with Gasteiger partial charge in [0.1, 0.15) is 11.8 Å². The maximum Gasteiger partial charge on any atom is 0.328 e. The largest absolute Gasteiger partial charge is 0.508 e. The molecule has 0 saturated heterocycles. The number of benzene rings is 1. The zero-order valence-corrected chi connectivity index (χ0v) is 16.0. The molecule has 0 aliphatic heterocycles. The van der Waals surface area contributed by atoms with Crippen molar-refractivity contribution >= 4 is 24.3 Å². The number of halogens is 1. The number of nitrogens with two attached hydrogens (primary N) is 1. The lowest BCUT2D eigenvalue weighted by atomic mass is 9.96. The van der Waals surface area contributed by atoms with E-state index < -0.39 is 17.6 Å². The average molecular weight is 385 g/mol. The predicted molar refractivity (Wildman–Crippen MR) is 102 cm³/mol. The summed E-state index contributed by atoms with van der Waals surface area (Å²) in [5.74, 6) is -0.584. The van der Waals surface area contributed by atoms with Gasteiger partial charge in [0.2, 0.25) is 5.91 Å². The third-order valence-electron chi connectivity index (χ3n) is 4.66. The number of aromatic hydroxyl groups is 1. The van der Waals surface area contributed by atoms with Crippen molar-refractivity contribution in [3.05, 3.63) is 29.8 Å². The second-order valence-electron chi connectivity index (χ2n) is 6.78. The molecule has 1 aliphatic carbocycles. The summed E-state index contributed by atoms with van der Waals surface area (Å²) in [6, 6.07) is 5.77. The second kappa shape index (κ2) is 10.4. The molecule has 4 N–H and O–H groups in total. The Kier molecular flexibility index (Phi) is 8.88. The number of amides is 1. The van der Waals surface area contributed by atoms with Crippen molar-refractivity contribution in [2.24, 2.45) is 5.73 Å². The molecule has 1 aliphatic rings. The summed E-state index contributed by atoms with van der Waals surface area (Å²) >= 11 is 0. The molecule has 1 aromatic rings. The van der Waals surface area contributed by atoms with E-state index in [4.69, 9.17) is 10.5 Å². The van der Waals surface area contributed by atoms with Crippen LogP contribution >= 0.6 is 12.4 Å². The summed E-state index contributed by atoms with van der Waals surface area (Å²) < 4.78 is 5.29. The highest BCUT2D eigenvalue weighted by atomic mass is 35.5. The molecule has 26 heavy (non-hydrogen) atoms. The third-order valence-corrected chi connectivity index (χ3v) is 4.66. The molecule has 1 amide bonds. The van der Waals surface area contributed by atoms with Crippen LogP contribution in [0.25, 0.3) is 0 Å². The zero-order valence-electron chi connectivity index (χ0n) is 15.2. The van der Waals surface area contributed by atoms with E-state index in [1.165, 1.54) is 0 Å². The molecule has 0 aromatic heterocycles. The SMILES string of the molecule is CCCCOC(=O)[C@H](Cc1ccc(O)cc1)NC(=O)C1(N)CCCC1.Cl. The molecule has 2 rings (SSSR count). The summed E-state index contributed by atoms with van der Waals surface area (Å²) in [4.78, 5) is 25.0. The monoisotopic (exact) mass is 384 g/mol. The minimum absolute atomic E-state index is 0. The van der Waals surface area contributed by atoms with E-state index in [0.29, 0.717) is 25.9 Å². The molecule has 0 spiro atoms. The molecule has 6 nitrogen and oxygen atoms in total. The fraction of sp³-hybridized carbons (Fsp3) is 0.579. The van der Waals surface area contributed by atoms with Crippen LogP contribution in [0.3, 0.4) is 0 Å². The zero-order chi connectivity index (χ0) is 18.3. The molecular weight excluding hydrogens is 356 g/mol. The summed E-state index contributed by atoms with van der Waals surface area (Å²) in [6.45, 7) is 2.35. The van der Waals surface area contributed by atoms with E-state index in [2.05, 4.69) is 5.32 Å². The van der Waals surface area contributed by atoms with Crippen molar-refractivity contribution < 1.29 is 19.4 Å². The Balaban J connectivity index is 0.00000338. The van der Waals surface area contributed by atoms with E-state index in [1.54, 1.807) is 24.3 Å². The van der Waals surface area contributed by atoms with Gasteiger partial charge in [-0.25, -0.2) is 4.79 Å². The molecule has 1 atom stereocenters. The Morgan fingerprint density at radius 3 is 2.46 bits per heavy atom. The lowest BCUT2D eigenvalue weighted by Gasteiger charge is -2.26. The van der Waals surface area contributed by atoms with Crippen LogP contribution in [0.5, 0.6) is 5.75 Å². The molecule has 1 fully saturated rings. The lowest BCUT2D eigenvalue weighted by Crippen LogP contribution is -2.56. The van der Waals surface area contributed by atoms with Crippen molar-refractivity contribution in [1.82, 2.24) is 5.32 Å². The number of hydrogen-bond donors (Lipinski definition) is 3. The van der Waals surface area contributed by atoms with Gasteiger partial charge in [0.25, 0.3) is 0 Å². The number of hydrogen-bond acceptors (Lipinski definition) is 5. The molecule has 0 radical (unpaired) electrons. The van der Waals surface area contributed by atoms with E-state index in [0.717, 1.165) is 31.2 Å². The summed E-state index contributed by atoms with van der Waals surface area (Å²) in [6.07, 6.45) is 5.12. The van der Waals surface area contributed by atoms with Crippen molar-refractivity contribution in [2.45, 2.75) is 63.5 Å². The van der Waals surface area contributed by atoms with Crippen molar-refractivity contribution in [2.75, 3.05) is 6.61 Å². The van der Waals surface area contributed by atoms with Crippen molar-refractivity contribution in [3.8, 4) is 5.75 Å². The topological polar surface area (TPSA) is 102 Å². The Morgan fingerprint density at radius 2 is 1.88 bits per heavy atom. The van der Waals surface area contributed by atoms with Crippen LogP contribution in [0, 0.1) is 0 Å². The van der Waals surface area contributed by atoms with Crippen LogP contribution in [0.15, 0.2) is 24.3 Å². The first kappa shape index (κ1) is 22.3. The Morgan fingerprint density at radius 1 is 1.27 bits per heavy atom. The van der Waals surface area contributed by atoms with Gasteiger partial charge < -0.3 is 20.9 Å². The smallest absolute Gasteiger partial charge is 0.328 e. The first-order valence-electron chi connectivity index (χ1n) is 8.99. The van der Waals surface area contributed by atoms with Gasteiger partial charge in [-0.05, 0) is 37.0 Å². The van der Waals surface area contributed by atoms with Gasteiger partial charge in [0.05, 0.1) is 12.1 Å². The predicted octanol–water partition coefficient (Wildman–Crippen LogP) is 2.46.